The van der Waals surface area contributed by atoms with E-state index in [1.54, 1.807) is 17.0 Å². The van der Waals surface area contributed by atoms with Crippen molar-refractivity contribution < 1.29 is 14.0 Å². The summed E-state index contributed by atoms with van der Waals surface area (Å²) < 4.78 is 13.4. The summed E-state index contributed by atoms with van der Waals surface area (Å²) in [5.74, 6) is -0.369. The Morgan fingerprint density at radius 1 is 1.04 bits per heavy atom. The third-order valence-corrected chi connectivity index (χ3v) is 5.70. The summed E-state index contributed by atoms with van der Waals surface area (Å²) in [5, 5.41) is 0. The Bertz CT molecular complexity index is 876. The molecule has 1 atom stereocenters. The molecule has 2 aromatic carbocycles. The predicted octanol–water partition coefficient (Wildman–Crippen LogP) is 2.69. The van der Waals surface area contributed by atoms with E-state index in [1.165, 1.54) is 12.1 Å². The van der Waals surface area contributed by atoms with E-state index in [-0.39, 0.29) is 24.1 Å². The maximum absolute atomic E-state index is 13.4. The molecule has 2 amide bonds. The molecule has 0 radical (unpaired) electrons. The van der Waals surface area contributed by atoms with Gasteiger partial charge >= 0.3 is 0 Å². The smallest absolute Gasteiger partial charge is 0.255 e. The van der Waals surface area contributed by atoms with Crippen molar-refractivity contribution in [3.05, 3.63) is 71.0 Å². The normalized spacial score (nSPS) is 18.3. The number of hydrogen-bond donors (Lipinski definition) is 0. The molecule has 2 heterocycles. The van der Waals surface area contributed by atoms with E-state index in [9.17, 15) is 14.0 Å². The minimum Gasteiger partial charge on any atom is -0.340 e. The molecule has 6 heteroatoms. The van der Waals surface area contributed by atoms with Crippen molar-refractivity contribution in [1.82, 2.24) is 14.7 Å². The van der Waals surface area contributed by atoms with Crippen molar-refractivity contribution in [1.29, 1.82) is 0 Å². The number of nitrogens with zero attached hydrogens (tertiary/aromatic N) is 3. The summed E-state index contributed by atoms with van der Waals surface area (Å²) >= 11 is 0. The van der Waals surface area contributed by atoms with Crippen LogP contribution in [0.2, 0.25) is 0 Å². The van der Waals surface area contributed by atoms with Gasteiger partial charge in [0.2, 0.25) is 5.91 Å². The first-order chi connectivity index (χ1) is 13.5. The molecule has 2 aliphatic heterocycles. The van der Waals surface area contributed by atoms with Crippen LogP contribution in [0.4, 0.5) is 4.39 Å². The second-order valence-corrected chi connectivity index (χ2v) is 7.55. The Balaban J connectivity index is 1.59. The number of carbonyl (C=O) groups is 2. The van der Waals surface area contributed by atoms with E-state index >= 15 is 0 Å². The Labute approximate surface area is 164 Å². The second-order valence-electron chi connectivity index (χ2n) is 7.55. The summed E-state index contributed by atoms with van der Waals surface area (Å²) in [4.78, 5) is 31.8. The van der Waals surface area contributed by atoms with Gasteiger partial charge in [0, 0.05) is 38.3 Å². The van der Waals surface area contributed by atoms with Crippen LogP contribution in [0.25, 0.3) is 0 Å². The molecule has 28 heavy (non-hydrogen) atoms. The number of halogens is 1. The maximum Gasteiger partial charge on any atom is 0.255 e. The fourth-order valence-corrected chi connectivity index (χ4v) is 3.97. The fourth-order valence-electron chi connectivity index (χ4n) is 3.97. The number of rotatable bonds is 4. The molecule has 0 saturated carbocycles. The molecule has 1 fully saturated rings. The molecule has 5 nitrogen and oxygen atoms in total. The average Bonchev–Trinajstić information content (AvgIpc) is 3.04. The van der Waals surface area contributed by atoms with Gasteiger partial charge in [0.25, 0.3) is 5.91 Å². The lowest BCUT2D eigenvalue weighted by atomic mass is 10.0. The van der Waals surface area contributed by atoms with Gasteiger partial charge in [-0.1, -0.05) is 30.3 Å². The van der Waals surface area contributed by atoms with E-state index in [1.807, 2.05) is 36.2 Å². The molecule has 0 N–H and O–H groups in total. The molecular formula is C22H24FN3O2. The van der Waals surface area contributed by atoms with Gasteiger partial charge in [-0.25, -0.2) is 4.39 Å². The van der Waals surface area contributed by atoms with Crippen LogP contribution in [0.3, 0.4) is 0 Å². The zero-order chi connectivity index (χ0) is 19.7. The van der Waals surface area contributed by atoms with Crippen molar-refractivity contribution in [2.24, 2.45) is 0 Å². The average molecular weight is 381 g/mol. The van der Waals surface area contributed by atoms with Crippen LogP contribution in [0.5, 0.6) is 0 Å². The van der Waals surface area contributed by atoms with Crippen LogP contribution in [0, 0.1) is 5.82 Å². The van der Waals surface area contributed by atoms with Crippen LogP contribution in [-0.2, 0) is 11.3 Å². The van der Waals surface area contributed by atoms with E-state index in [4.69, 9.17) is 0 Å². The molecule has 0 aromatic heterocycles. The number of benzene rings is 2. The van der Waals surface area contributed by atoms with E-state index in [2.05, 4.69) is 4.90 Å². The first kappa shape index (κ1) is 18.6. The molecule has 0 spiro atoms. The molecule has 1 saturated heterocycles. The van der Waals surface area contributed by atoms with Crippen molar-refractivity contribution in [2.75, 3.05) is 33.2 Å². The van der Waals surface area contributed by atoms with E-state index in [0.717, 1.165) is 24.2 Å². The Morgan fingerprint density at radius 2 is 1.71 bits per heavy atom. The van der Waals surface area contributed by atoms with E-state index in [0.29, 0.717) is 25.2 Å². The summed E-state index contributed by atoms with van der Waals surface area (Å²) in [6, 6.07) is 13.2. The monoisotopic (exact) mass is 381 g/mol. The van der Waals surface area contributed by atoms with Crippen LogP contribution in [0.15, 0.2) is 48.5 Å². The third-order valence-electron chi connectivity index (χ3n) is 5.70. The van der Waals surface area contributed by atoms with Gasteiger partial charge in [0.1, 0.15) is 5.82 Å². The van der Waals surface area contributed by atoms with Gasteiger partial charge in [-0.2, -0.15) is 0 Å². The summed E-state index contributed by atoms with van der Waals surface area (Å²) in [5.41, 5.74) is 2.43. The van der Waals surface area contributed by atoms with Crippen LogP contribution < -0.4 is 0 Å². The number of fused-ring (bicyclic) bond motifs is 1. The minimum absolute atomic E-state index is 0.0335. The lowest BCUT2D eigenvalue weighted by Gasteiger charge is -2.35. The molecule has 0 bridgehead atoms. The lowest BCUT2D eigenvalue weighted by molar-refractivity contribution is -0.134. The number of carbonyl (C=O) groups excluding carboxylic acids is 2. The standard InChI is InChI=1S/C22H24FN3O2/c1-24-10-12-25(13-11-24)21(27)14-20(16-6-8-18(23)9-7-16)26-15-17-4-2-3-5-19(17)22(26)28/h2-9,20H,10-15H2,1H3. The van der Waals surface area contributed by atoms with Crippen molar-refractivity contribution >= 4 is 11.8 Å². The molecule has 0 aliphatic carbocycles. The van der Waals surface area contributed by atoms with Crippen molar-refractivity contribution in [2.45, 2.75) is 19.0 Å². The lowest BCUT2D eigenvalue weighted by Crippen LogP contribution is -2.48. The molecule has 1 unspecified atom stereocenters. The summed E-state index contributed by atoms with van der Waals surface area (Å²) in [6.45, 7) is 3.55. The van der Waals surface area contributed by atoms with Crippen LogP contribution in [0.1, 0.15) is 33.9 Å². The molecule has 2 aliphatic rings. The van der Waals surface area contributed by atoms with Gasteiger partial charge in [-0.05, 0) is 36.4 Å². The highest BCUT2D eigenvalue weighted by atomic mass is 19.1. The topological polar surface area (TPSA) is 43.9 Å². The van der Waals surface area contributed by atoms with Gasteiger partial charge < -0.3 is 14.7 Å². The van der Waals surface area contributed by atoms with Gasteiger partial charge in [0.05, 0.1) is 12.5 Å². The highest BCUT2D eigenvalue weighted by molar-refractivity contribution is 5.98. The summed E-state index contributed by atoms with van der Waals surface area (Å²) in [6.07, 6.45) is 0.203. The number of piperazine rings is 1. The Morgan fingerprint density at radius 3 is 2.39 bits per heavy atom. The third kappa shape index (κ3) is 3.64. The highest BCUT2D eigenvalue weighted by Gasteiger charge is 2.35. The van der Waals surface area contributed by atoms with Gasteiger partial charge in [-0.15, -0.1) is 0 Å². The SMILES string of the molecule is CN1CCN(C(=O)CC(c2ccc(F)cc2)N2Cc3ccccc3C2=O)CC1. The quantitative estimate of drug-likeness (QED) is 0.818. The fraction of sp³-hybridized carbons (Fsp3) is 0.364. The largest absolute Gasteiger partial charge is 0.340 e. The Hall–Kier alpha value is -2.73. The van der Waals surface area contributed by atoms with Gasteiger partial charge in [0.15, 0.2) is 0 Å². The van der Waals surface area contributed by atoms with E-state index < -0.39 is 6.04 Å². The molecule has 2 aromatic rings. The number of likely N-dealkylation sites (N-methyl/N-ethyl adjacent to an activating group) is 1. The van der Waals surface area contributed by atoms with Crippen molar-refractivity contribution in [3.63, 3.8) is 0 Å². The number of amides is 2. The number of hydrogen-bond acceptors (Lipinski definition) is 3. The Kier molecular flexibility index (Phi) is 5.13. The summed E-state index contributed by atoms with van der Waals surface area (Å²) in [7, 11) is 2.04. The molecular weight excluding hydrogens is 357 g/mol. The molecule has 146 valence electrons. The first-order valence-corrected chi connectivity index (χ1v) is 9.63. The van der Waals surface area contributed by atoms with Gasteiger partial charge in [-0.3, -0.25) is 9.59 Å². The van der Waals surface area contributed by atoms with Crippen LogP contribution >= 0.6 is 0 Å². The second kappa shape index (κ2) is 7.72. The first-order valence-electron chi connectivity index (χ1n) is 9.63. The zero-order valence-electron chi connectivity index (χ0n) is 16.0. The zero-order valence-corrected chi connectivity index (χ0v) is 16.0. The maximum atomic E-state index is 13.4. The highest BCUT2D eigenvalue weighted by Crippen LogP contribution is 2.34. The molecule has 4 rings (SSSR count). The minimum atomic E-state index is -0.410. The van der Waals surface area contributed by atoms with Crippen LogP contribution in [-0.4, -0.2) is 59.7 Å². The predicted molar refractivity (Wildman–Crippen MR) is 104 cm³/mol. The van der Waals surface area contributed by atoms with Crippen molar-refractivity contribution in [3.8, 4) is 0 Å².